The molecule has 0 aliphatic rings. The lowest BCUT2D eigenvalue weighted by Crippen LogP contribution is -2.25. The summed E-state index contributed by atoms with van der Waals surface area (Å²) in [6.07, 6.45) is 0.532. The topological polar surface area (TPSA) is 67.2 Å². The summed E-state index contributed by atoms with van der Waals surface area (Å²) >= 11 is 6.03. The van der Waals surface area contributed by atoms with E-state index >= 15 is 0 Å². The van der Waals surface area contributed by atoms with Gasteiger partial charge in [0.15, 0.2) is 0 Å². The lowest BCUT2D eigenvalue weighted by Gasteiger charge is -2.03. The second kappa shape index (κ2) is 5.86. The van der Waals surface area contributed by atoms with Crippen LogP contribution in [0.3, 0.4) is 0 Å². The molecular formula is C10H16ClN3O2. The second-order valence-corrected chi connectivity index (χ2v) is 3.76. The zero-order valence-electron chi connectivity index (χ0n) is 9.46. The molecule has 0 spiro atoms. The van der Waals surface area contributed by atoms with E-state index in [9.17, 15) is 4.79 Å². The molecule has 0 saturated heterocycles. The van der Waals surface area contributed by atoms with E-state index in [1.165, 1.54) is 0 Å². The van der Waals surface area contributed by atoms with Crippen LogP contribution in [0.25, 0.3) is 0 Å². The molecule has 5 nitrogen and oxygen atoms in total. The lowest BCUT2D eigenvalue weighted by molar-refractivity contribution is 0.0950. The number of hydrogen-bond acceptors (Lipinski definition) is 3. The van der Waals surface area contributed by atoms with Crippen LogP contribution < -0.4 is 5.32 Å². The molecule has 0 radical (unpaired) electrons. The largest absolute Gasteiger partial charge is 0.396 e. The van der Waals surface area contributed by atoms with Crippen LogP contribution in [0.2, 0.25) is 5.15 Å². The number of carbonyl (C=O) groups is 1. The van der Waals surface area contributed by atoms with Gasteiger partial charge in [-0.15, -0.1) is 0 Å². The summed E-state index contributed by atoms with van der Waals surface area (Å²) in [5, 5.41) is 15.8. The molecule has 1 heterocycles. The van der Waals surface area contributed by atoms with Crippen molar-refractivity contribution < 1.29 is 9.90 Å². The summed E-state index contributed by atoms with van der Waals surface area (Å²) in [5.74, 6) is -0.240. The first-order chi connectivity index (χ1) is 7.61. The van der Waals surface area contributed by atoms with Crippen molar-refractivity contribution in [3.8, 4) is 0 Å². The Balaban J connectivity index is 2.78. The first kappa shape index (κ1) is 13.0. The molecule has 90 valence electrons. The first-order valence-electron chi connectivity index (χ1n) is 5.23. The minimum absolute atomic E-state index is 0.0568. The summed E-state index contributed by atoms with van der Waals surface area (Å²) in [5.41, 5.74) is 1.04. The molecule has 0 saturated carbocycles. The number of halogens is 1. The van der Waals surface area contributed by atoms with Gasteiger partial charge in [0.05, 0.1) is 11.3 Å². The number of aryl methyl sites for hydroxylation is 2. The summed E-state index contributed by atoms with van der Waals surface area (Å²) in [4.78, 5) is 11.8. The highest BCUT2D eigenvalue weighted by Crippen LogP contribution is 2.19. The van der Waals surface area contributed by atoms with Gasteiger partial charge in [-0.3, -0.25) is 9.48 Å². The van der Waals surface area contributed by atoms with Crippen LogP contribution >= 0.6 is 11.6 Å². The van der Waals surface area contributed by atoms with Crippen LogP contribution in [0.1, 0.15) is 29.4 Å². The predicted molar refractivity (Wildman–Crippen MR) is 61.7 cm³/mol. The van der Waals surface area contributed by atoms with Crippen molar-refractivity contribution >= 4 is 17.5 Å². The Labute approximate surface area is 99.4 Å². The Bertz CT molecular complexity index is 376. The van der Waals surface area contributed by atoms with Crippen molar-refractivity contribution in [3.63, 3.8) is 0 Å². The van der Waals surface area contributed by atoms with E-state index in [4.69, 9.17) is 16.7 Å². The van der Waals surface area contributed by atoms with E-state index in [0.717, 1.165) is 0 Å². The smallest absolute Gasteiger partial charge is 0.256 e. The molecule has 16 heavy (non-hydrogen) atoms. The predicted octanol–water partition coefficient (Wildman–Crippen LogP) is 0.977. The van der Waals surface area contributed by atoms with Crippen molar-refractivity contribution in [1.82, 2.24) is 15.1 Å². The molecule has 1 aromatic heterocycles. The second-order valence-electron chi connectivity index (χ2n) is 3.40. The van der Waals surface area contributed by atoms with Gasteiger partial charge in [-0.2, -0.15) is 5.10 Å². The van der Waals surface area contributed by atoms with E-state index in [2.05, 4.69) is 10.4 Å². The average molecular weight is 246 g/mol. The Hall–Kier alpha value is -1.07. The maximum atomic E-state index is 11.8. The number of rotatable bonds is 5. The lowest BCUT2D eigenvalue weighted by atomic mass is 10.2. The minimum atomic E-state index is -0.240. The minimum Gasteiger partial charge on any atom is -0.396 e. The number of nitrogens with one attached hydrogen (secondary N) is 1. The van der Waals surface area contributed by atoms with Crippen LogP contribution in [-0.2, 0) is 6.54 Å². The SMILES string of the molecule is CCn1nc(C)c(C(=O)NCCCO)c1Cl. The highest BCUT2D eigenvalue weighted by molar-refractivity contribution is 6.33. The molecular weight excluding hydrogens is 230 g/mol. The highest BCUT2D eigenvalue weighted by atomic mass is 35.5. The van der Waals surface area contributed by atoms with E-state index < -0.39 is 0 Å². The van der Waals surface area contributed by atoms with Gasteiger partial charge in [-0.05, 0) is 20.3 Å². The van der Waals surface area contributed by atoms with Gasteiger partial charge in [0, 0.05) is 19.7 Å². The van der Waals surface area contributed by atoms with Crippen LogP contribution in [-0.4, -0.2) is 33.9 Å². The monoisotopic (exact) mass is 245 g/mol. The highest BCUT2D eigenvalue weighted by Gasteiger charge is 2.18. The molecule has 0 aromatic carbocycles. The van der Waals surface area contributed by atoms with Crippen molar-refractivity contribution in [2.45, 2.75) is 26.8 Å². The van der Waals surface area contributed by atoms with Gasteiger partial charge in [0.25, 0.3) is 5.91 Å². The van der Waals surface area contributed by atoms with Crippen molar-refractivity contribution in [3.05, 3.63) is 16.4 Å². The quantitative estimate of drug-likeness (QED) is 0.760. The maximum absolute atomic E-state index is 11.8. The molecule has 1 amide bonds. The summed E-state index contributed by atoms with van der Waals surface area (Å²) in [7, 11) is 0. The van der Waals surface area contributed by atoms with E-state index in [0.29, 0.717) is 35.9 Å². The zero-order chi connectivity index (χ0) is 12.1. The normalized spacial score (nSPS) is 10.5. The average Bonchev–Trinajstić information content (AvgIpc) is 2.54. The van der Waals surface area contributed by atoms with Crippen LogP contribution in [0.15, 0.2) is 0 Å². The fraction of sp³-hybridized carbons (Fsp3) is 0.600. The Kier molecular flexibility index (Phi) is 4.76. The summed E-state index contributed by atoms with van der Waals surface area (Å²) < 4.78 is 1.58. The van der Waals surface area contributed by atoms with Gasteiger partial charge < -0.3 is 10.4 Å². The molecule has 6 heteroatoms. The molecule has 0 bridgehead atoms. The zero-order valence-corrected chi connectivity index (χ0v) is 10.2. The first-order valence-corrected chi connectivity index (χ1v) is 5.61. The molecule has 0 aliphatic heterocycles. The molecule has 0 fully saturated rings. The third-order valence-corrected chi connectivity index (χ3v) is 2.60. The fourth-order valence-corrected chi connectivity index (χ4v) is 1.77. The molecule has 0 aliphatic carbocycles. The molecule has 1 rings (SSSR count). The maximum Gasteiger partial charge on any atom is 0.256 e. The number of amides is 1. The summed E-state index contributed by atoms with van der Waals surface area (Å²) in [6.45, 7) is 4.78. The van der Waals surface area contributed by atoms with Crippen LogP contribution in [0.4, 0.5) is 0 Å². The van der Waals surface area contributed by atoms with Crippen molar-refractivity contribution in [1.29, 1.82) is 0 Å². The third kappa shape index (κ3) is 2.74. The van der Waals surface area contributed by atoms with Gasteiger partial charge in [-0.1, -0.05) is 11.6 Å². The number of aliphatic hydroxyl groups excluding tert-OH is 1. The van der Waals surface area contributed by atoms with Crippen molar-refractivity contribution in [2.24, 2.45) is 0 Å². The van der Waals surface area contributed by atoms with E-state index in [1.807, 2.05) is 6.92 Å². The van der Waals surface area contributed by atoms with Gasteiger partial charge in [-0.25, -0.2) is 0 Å². The van der Waals surface area contributed by atoms with E-state index in [-0.39, 0.29) is 12.5 Å². The number of hydrogen-bond donors (Lipinski definition) is 2. The van der Waals surface area contributed by atoms with Crippen molar-refractivity contribution in [2.75, 3.05) is 13.2 Å². The Morgan fingerprint density at radius 1 is 1.62 bits per heavy atom. The standard InChI is InChI=1S/C10H16ClN3O2/c1-3-14-9(11)8(7(2)13-14)10(16)12-5-4-6-15/h15H,3-6H2,1-2H3,(H,12,16). The van der Waals surface area contributed by atoms with Gasteiger partial charge in [0.2, 0.25) is 0 Å². The molecule has 1 aromatic rings. The number of carbonyl (C=O) groups excluding carboxylic acids is 1. The summed E-state index contributed by atoms with van der Waals surface area (Å²) in [6, 6.07) is 0. The van der Waals surface area contributed by atoms with Gasteiger partial charge in [0.1, 0.15) is 5.15 Å². The van der Waals surface area contributed by atoms with Crippen LogP contribution in [0, 0.1) is 6.92 Å². The number of aromatic nitrogens is 2. The third-order valence-electron chi connectivity index (χ3n) is 2.21. The molecule has 0 atom stereocenters. The number of aliphatic hydroxyl groups is 1. The fourth-order valence-electron chi connectivity index (χ4n) is 1.39. The van der Waals surface area contributed by atoms with Gasteiger partial charge >= 0.3 is 0 Å². The Morgan fingerprint density at radius 3 is 2.81 bits per heavy atom. The molecule has 0 unspecified atom stereocenters. The van der Waals surface area contributed by atoms with Crippen LogP contribution in [0.5, 0.6) is 0 Å². The number of nitrogens with zero attached hydrogens (tertiary/aromatic N) is 2. The molecule has 2 N–H and O–H groups in total. The van der Waals surface area contributed by atoms with E-state index in [1.54, 1.807) is 11.6 Å². The Morgan fingerprint density at radius 2 is 2.31 bits per heavy atom.